The lowest BCUT2D eigenvalue weighted by atomic mass is 10.2. The molecule has 0 spiro atoms. The molecular formula is C19H26N4O5S. The fourth-order valence-corrected chi connectivity index (χ4v) is 4.18. The number of sulfone groups is 1. The lowest BCUT2D eigenvalue weighted by Gasteiger charge is -2.26. The van der Waals surface area contributed by atoms with Gasteiger partial charge in [-0.05, 0) is 32.0 Å². The van der Waals surface area contributed by atoms with Gasteiger partial charge in [-0.2, -0.15) is 4.98 Å². The molecule has 0 bridgehead atoms. The molecule has 29 heavy (non-hydrogen) atoms. The molecule has 1 amide bonds. The zero-order valence-corrected chi connectivity index (χ0v) is 17.3. The summed E-state index contributed by atoms with van der Waals surface area (Å²) in [5.74, 6) is -0.568. The van der Waals surface area contributed by atoms with E-state index in [-0.39, 0.29) is 28.8 Å². The second-order valence-corrected chi connectivity index (χ2v) is 9.07. The molecule has 158 valence electrons. The van der Waals surface area contributed by atoms with Crippen molar-refractivity contribution in [1.29, 1.82) is 0 Å². The van der Waals surface area contributed by atoms with Crippen molar-refractivity contribution < 1.29 is 22.5 Å². The number of amides is 1. The van der Waals surface area contributed by atoms with Crippen molar-refractivity contribution in [3.8, 4) is 0 Å². The van der Waals surface area contributed by atoms with E-state index in [4.69, 9.17) is 9.26 Å². The van der Waals surface area contributed by atoms with E-state index in [1.165, 1.54) is 0 Å². The number of aryl methyl sites for hydroxylation is 2. The third-order valence-electron chi connectivity index (χ3n) is 4.68. The monoisotopic (exact) mass is 422 g/mol. The minimum Gasteiger partial charge on any atom is -0.379 e. The van der Waals surface area contributed by atoms with Gasteiger partial charge in [-0.15, -0.1) is 0 Å². The summed E-state index contributed by atoms with van der Waals surface area (Å²) in [5.41, 5.74) is 0.989. The van der Waals surface area contributed by atoms with Gasteiger partial charge in [-0.3, -0.25) is 9.69 Å². The van der Waals surface area contributed by atoms with Crippen molar-refractivity contribution in [1.82, 2.24) is 20.4 Å². The number of carbonyl (C=O) groups excluding carboxylic acids is 1. The van der Waals surface area contributed by atoms with Crippen LogP contribution in [0.5, 0.6) is 0 Å². The van der Waals surface area contributed by atoms with Crippen molar-refractivity contribution >= 4 is 15.7 Å². The number of aromatic nitrogens is 2. The maximum Gasteiger partial charge on any atom is 0.315 e. The van der Waals surface area contributed by atoms with E-state index in [1.807, 2.05) is 6.92 Å². The Labute approximate surface area is 170 Å². The van der Waals surface area contributed by atoms with Crippen LogP contribution in [0.3, 0.4) is 0 Å². The van der Waals surface area contributed by atoms with E-state index < -0.39 is 15.7 Å². The SMILES string of the molecule is Cc1ccc(S(=O)(=O)CCc2noc(C(=O)NCCCN3CCOCC3)n2)cc1. The average Bonchev–Trinajstić information content (AvgIpc) is 3.20. The summed E-state index contributed by atoms with van der Waals surface area (Å²) in [4.78, 5) is 18.7. The minimum atomic E-state index is -3.45. The van der Waals surface area contributed by atoms with Gasteiger partial charge in [0, 0.05) is 26.1 Å². The topological polar surface area (TPSA) is 115 Å². The summed E-state index contributed by atoms with van der Waals surface area (Å²) in [7, 11) is -3.45. The minimum absolute atomic E-state index is 0.0734. The molecule has 1 aliphatic rings. The van der Waals surface area contributed by atoms with Crippen molar-refractivity contribution in [2.75, 3.05) is 45.1 Å². The van der Waals surface area contributed by atoms with Crippen LogP contribution in [0.2, 0.25) is 0 Å². The molecule has 1 saturated heterocycles. The molecule has 1 aromatic heterocycles. The predicted octanol–water partition coefficient (Wildman–Crippen LogP) is 0.847. The van der Waals surface area contributed by atoms with Crippen molar-refractivity contribution in [2.24, 2.45) is 0 Å². The molecule has 3 rings (SSSR count). The molecule has 2 heterocycles. The van der Waals surface area contributed by atoms with Crippen LogP contribution < -0.4 is 5.32 Å². The zero-order valence-electron chi connectivity index (χ0n) is 16.5. The first-order chi connectivity index (χ1) is 13.9. The second-order valence-electron chi connectivity index (χ2n) is 6.96. The first kappa shape index (κ1) is 21.4. The second kappa shape index (κ2) is 9.95. The number of rotatable bonds is 9. The highest BCUT2D eigenvalue weighted by Gasteiger charge is 2.19. The normalized spacial score (nSPS) is 15.3. The van der Waals surface area contributed by atoms with Gasteiger partial charge >= 0.3 is 11.8 Å². The van der Waals surface area contributed by atoms with Crippen LogP contribution in [-0.4, -0.2) is 74.5 Å². The van der Waals surface area contributed by atoms with Gasteiger partial charge in [-0.25, -0.2) is 8.42 Å². The fourth-order valence-electron chi connectivity index (χ4n) is 2.94. The van der Waals surface area contributed by atoms with Gasteiger partial charge in [0.15, 0.2) is 15.7 Å². The zero-order chi connectivity index (χ0) is 20.7. The number of benzene rings is 1. The molecule has 0 aliphatic carbocycles. The standard InChI is InChI=1S/C19H26N4O5S/c1-15-3-5-16(6-4-15)29(25,26)14-7-17-21-19(28-22-17)18(24)20-8-2-9-23-10-12-27-13-11-23/h3-6H,2,7-14H2,1H3,(H,20,24). The average molecular weight is 423 g/mol. The molecule has 1 fully saturated rings. The number of morpholine rings is 1. The summed E-state index contributed by atoms with van der Waals surface area (Å²) < 4.78 is 35.0. The molecule has 0 atom stereocenters. The van der Waals surface area contributed by atoms with E-state index in [0.717, 1.165) is 44.8 Å². The summed E-state index contributed by atoms with van der Waals surface area (Å²) in [6.07, 6.45) is 0.881. The van der Waals surface area contributed by atoms with Crippen LogP contribution in [0.1, 0.15) is 28.5 Å². The number of nitrogens with one attached hydrogen (secondary N) is 1. The Balaban J connectivity index is 1.43. The molecule has 0 unspecified atom stereocenters. The molecule has 1 aliphatic heterocycles. The number of ether oxygens (including phenoxy) is 1. The molecule has 1 N–H and O–H groups in total. The molecule has 9 nitrogen and oxygen atoms in total. The Kier molecular flexibility index (Phi) is 7.34. The van der Waals surface area contributed by atoms with Crippen LogP contribution in [0.15, 0.2) is 33.7 Å². The van der Waals surface area contributed by atoms with Crippen molar-refractivity contribution in [3.63, 3.8) is 0 Å². The largest absolute Gasteiger partial charge is 0.379 e. The third-order valence-corrected chi connectivity index (χ3v) is 6.41. The first-order valence-corrected chi connectivity index (χ1v) is 11.3. The van der Waals surface area contributed by atoms with Gasteiger partial charge < -0.3 is 14.6 Å². The first-order valence-electron chi connectivity index (χ1n) is 9.64. The van der Waals surface area contributed by atoms with Gasteiger partial charge in [0.1, 0.15) is 0 Å². The highest BCUT2D eigenvalue weighted by atomic mass is 32.2. The Morgan fingerprint density at radius 3 is 2.66 bits per heavy atom. The predicted molar refractivity (Wildman–Crippen MR) is 105 cm³/mol. The molecule has 0 radical (unpaired) electrons. The van der Waals surface area contributed by atoms with Crippen LogP contribution in [-0.2, 0) is 21.0 Å². The number of hydrogen-bond acceptors (Lipinski definition) is 8. The van der Waals surface area contributed by atoms with Crippen LogP contribution in [0, 0.1) is 6.92 Å². The number of hydrogen-bond donors (Lipinski definition) is 1. The molecule has 2 aromatic rings. The maximum atomic E-state index is 12.4. The van der Waals surface area contributed by atoms with E-state index in [1.54, 1.807) is 24.3 Å². The van der Waals surface area contributed by atoms with Crippen LogP contribution in [0.4, 0.5) is 0 Å². The smallest absolute Gasteiger partial charge is 0.315 e. The molecule has 10 heteroatoms. The van der Waals surface area contributed by atoms with E-state index >= 15 is 0 Å². The van der Waals surface area contributed by atoms with E-state index in [2.05, 4.69) is 20.4 Å². The quantitative estimate of drug-likeness (QED) is 0.592. The van der Waals surface area contributed by atoms with Crippen molar-refractivity contribution in [3.05, 3.63) is 41.5 Å². The summed E-state index contributed by atoms with van der Waals surface area (Å²) in [6, 6.07) is 6.67. The number of nitrogens with zero attached hydrogens (tertiary/aromatic N) is 3. The highest BCUT2D eigenvalue weighted by Crippen LogP contribution is 2.13. The van der Waals surface area contributed by atoms with Gasteiger partial charge in [0.2, 0.25) is 0 Å². The van der Waals surface area contributed by atoms with Crippen LogP contribution >= 0.6 is 0 Å². The van der Waals surface area contributed by atoms with Crippen LogP contribution in [0.25, 0.3) is 0 Å². The lowest BCUT2D eigenvalue weighted by molar-refractivity contribution is 0.0374. The van der Waals surface area contributed by atoms with Gasteiger partial charge in [0.05, 0.1) is 23.9 Å². The van der Waals surface area contributed by atoms with E-state index in [0.29, 0.717) is 6.54 Å². The summed E-state index contributed by atoms with van der Waals surface area (Å²) in [5, 5.41) is 6.46. The fraction of sp³-hybridized carbons (Fsp3) is 0.526. The Morgan fingerprint density at radius 1 is 1.21 bits per heavy atom. The lowest BCUT2D eigenvalue weighted by Crippen LogP contribution is -2.38. The highest BCUT2D eigenvalue weighted by molar-refractivity contribution is 7.91. The van der Waals surface area contributed by atoms with E-state index in [9.17, 15) is 13.2 Å². The summed E-state index contributed by atoms with van der Waals surface area (Å²) >= 11 is 0. The summed E-state index contributed by atoms with van der Waals surface area (Å²) in [6.45, 7) is 6.59. The van der Waals surface area contributed by atoms with Crippen molar-refractivity contribution in [2.45, 2.75) is 24.7 Å². The maximum absolute atomic E-state index is 12.4. The molecular weight excluding hydrogens is 396 g/mol. The third kappa shape index (κ3) is 6.34. The Morgan fingerprint density at radius 2 is 1.93 bits per heavy atom. The number of carbonyl (C=O) groups is 1. The Bertz CT molecular complexity index is 905. The Hall–Kier alpha value is -2.30. The van der Waals surface area contributed by atoms with Gasteiger partial charge in [0.25, 0.3) is 0 Å². The molecule has 1 aromatic carbocycles. The van der Waals surface area contributed by atoms with Gasteiger partial charge in [-0.1, -0.05) is 22.9 Å². The molecule has 0 saturated carbocycles.